The second kappa shape index (κ2) is 15.1. The molecule has 2 amide bonds. The van der Waals surface area contributed by atoms with Crippen molar-refractivity contribution in [3.8, 4) is 5.75 Å². The van der Waals surface area contributed by atoms with Crippen LogP contribution in [0.1, 0.15) is 60.5 Å². The van der Waals surface area contributed by atoms with Gasteiger partial charge in [0, 0.05) is 42.8 Å². The Kier molecular flexibility index (Phi) is 10.8. The van der Waals surface area contributed by atoms with Crippen LogP contribution in [0.5, 0.6) is 5.75 Å². The highest BCUT2D eigenvalue weighted by molar-refractivity contribution is 6.30. The number of likely N-dealkylation sites (tertiary alicyclic amines) is 1. The Bertz CT molecular complexity index is 1660. The van der Waals surface area contributed by atoms with Crippen LogP contribution in [0, 0.1) is 0 Å². The van der Waals surface area contributed by atoms with Crippen molar-refractivity contribution in [3.63, 3.8) is 0 Å². The van der Waals surface area contributed by atoms with Gasteiger partial charge in [-0.15, -0.1) is 0 Å². The number of piperazine rings is 1. The summed E-state index contributed by atoms with van der Waals surface area (Å²) in [4.78, 5) is 39.2. The maximum Gasteiger partial charge on any atom is 0.416 e. The van der Waals surface area contributed by atoms with Crippen LogP contribution in [-0.4, -0.2) is 89.8 Å². The quantitative estimate of drug-likeness (QED) is 0.224. The molecule has 0 saturated carbocycles. The van der Waals surface area contributed by atoms with Gasteiger partial charge in [0.25, 0.3) is 0 Å². The van der Waals surface area contributed by atoms with Gasteiger partial charge in [0.1, 0.15) is 23.9 Å². The smallest absolute Gasteiger partial charge is 0.416 e. The molecule has 49 heavy (non-hydrogen) atoms. The predicted octanol–water partition coefficient (Wildman–Crippen LogP) is 7.70. The Morgan fingerprint density at radius 3 is 2.18 bits per heavy atom. The normalized spacial score (nSPS) is 22.2. The zero-order valence-corrected chi connectivity index (χ0v) is 28.6. The number of aliphatic imine (C=N–C) groups is 1. The van der Waals surface area contributed by atoms with Crippen molar-refractivity contribution in [3.05, 3.63) is 99.0 Å². The van der Waals surface area contributed by atoms with Gasteiger partial charge < -0.3 is 14.4 Å². The molecule has 3 aromatic rings. The van der Waals surface area contributed by atoms with Crippen molar-refractivity contribution in [1.82, 2.24) is 19.6 Å². The molecule has 3 heterocycles. The molecule has 3 aliphatic rings. The number of halogens is 5. The molecule has 0 bridgehead atoms. The van der Waals surface area contributed by atoms with E-state index in [9.17, 15) is 22.8 Å². The van der Waals surface area contributed by atoms with Crippen molar-refractivity contribution in [2.75, 3.05) is 45.9 Å². The molecular formula is C36H38Cl2F3N5O3. The maximum atomic E-state index is 14.8. The Labute approximate surface area is 294 Å². The molecule has 3 aliphatic heterocycles. The molecule has 2 fully saturated rings. The summed E-state index contributed by atoms with van der Waals surface area (Å²) in [5, 5.41) is 1.05. The lowest BCUT2D eigenvalue weighted by Crippen LogP contribution is -2.60. The lowest BCUT2D eigenvalue weighted by Gasteiger charge is -2.46. The molecule has 3 unspecified atom stereocenters. The molecule has 0 radical (unpaired) electrons. The van der Waals surface area contributed by atoms with Crippen molar-refractivity contribution in [1.29, 1.82) is 0 Å². The number of ether oxygens (including phenoxy) is 1. The van der Waals surface area contributed by atoms with Crippen LogP contribution >= 0.6 is 23.2 Å². The SMILES string of the molecule is CCOc1cc(C(F)(F)F)ccc1C1=NC(c2ccc(Cl)cc2)C(c2ccc(Cl)cc2)N1C(=O)N1CCN(C2CCCCN2CC=O)CC1. The second-order valence-electron chi connectivity index (χ2n) is 12.4. The van der Waals surface area contributed by atoms with Crippen LogP contribution < -0.4 is 4.74 Å². The highest BCUT2D eigenvalue weighted by Crippen LogP contribution is 2.46. The van der Waals surface area contributed by atoms with Gasteiger partial charge in [0.05, 0.1) is 36.5 Å². The predicted molar refractivity (Wildman–Crippen MR) is 183 cm³/mol. The third-order valence-electron chi connectivity index (χ3n) is 9.44. The molecule has 2 saturated heterocycles. The number of hydrogen-bond donors (Lipinski definition) is 0. The lowest BCUT2D eigenvalue weighted by molar-refractivity contribution is -0.137. The van der Waals surface area contributed by atoms with E-state index in [1.54, 1.807) is 41.0 Å². The minimum Gasteiger partial charge on any atom is -0.493 e. The number of aldehydes is 1. The van der Waals surface area contributed by atoms with Gasteiger partial charge in [0.15, 0.2) is 0 Å². The number of carbonyl (C=O) groups excluding carboxylic acids is 2. The molecule has 3 atom stereocenters. The molecule has 260 valence electrons. The molecule has 13 heteroatoms. The fourth-order valence-electron chi connectivity index (χ4n) is 7.07. The van der Waals surface area contributed by atoms with Gasteiger partial charge in [-0.25, -0.2) is 4.79 Å². The summed E-state index contributed by atoms with van der Waals surface area (Å²) < 4.78 is 47.3. The summed E-state index contributed by atoms with van der Waals surface area (Å²) in [7, 11) is 0. The number of benzene rings is 3. The number of alkyl halides is 3. The van der Waals surface area contributed by atoms with Gasteiger partial charge in [-0.3, -0.25) is 19.7 Å². The molecule has 3 aromatic carbocycles. The number of nitrogens with zero attached hydrogens (tertiary/aromatic N) is 5. The number of piperidine rings is 1. The van der Waals surface area contributed by atoms with Crippen molar-refractivity contribution in [2.24, 2.45) is 4.99 Å². The van der Waals surface area contributed by atoms with Crippen molar-refractivity contribution in [2.45, 2.75) is 50.6 Å². The first-order valence-electron chi connectivity index (χ1n) is 16.5. The van der Waals surface area contributed by atoms with Crippen molar-refractivity contribution >= 4 is 41.4 Å². The molecular weight excluding hydrogens is 678 g/mol. The van der Waals surface area contributed by atoms with Crippen LogP contribution in [0.25, 0.3) is 0 Å². The van der Waals surface area contributed by atoms with E-state index in [-0.39, 0.29) is 36.0 Å². The maximum absolute atomic E-state index is 14.8. The summed E-state index contributed by atoms with van der Waals surface area (Å²) in [6.07, 6.45) is -0.421. The highest BCUT2D eigenvalue weighted by atomic mass is 35.5. The number of amidine groups is 1. The lowest BCUT2D eigenvalue weighted by atomic mass is 9.93. The Morgan fingerprint density at radius 2 is 1.57 bits per heavy atom. The van der Waals surface area contributed by atoms with Gasteiger partial charge in [-0.1, -0.05) is 47.5 Å². The minimum atomic E-state index is -4.59. The summed E-state index contributed by atoms with van der Waals surface area (Å²) in [5.74, 6) is 0.201. The van der Waals surface area contributed by atoms with Gasteiger partial charge in [-0.05, 0) is 79.8 Å². The fraction of sp³-hybridized carbons (Fsp3) is 0.417. The molecule has 6 rings (SSSR count). The van der Waals surface area contributed by atoms with E-state index >= 15 is 0 Å². The van der Waals surface area contributed by atoms with E-state index in [4.69, 9.17) is 32.9 Å². The largest absolute Gasteiger partial charge is 0.493 e. The molecule has 8 nitrogen and oxygen atoms in total. The minimum absolute atomic E-state index is 0.0159. The van der Waals surface area contributed by atoms with Gasteiger partial charge in [-0.2, -0.15) is 13.2 Å². The van der Waals surface area contributed by atoms with E-state index in [0.717, 1.165) is 55.4 Å². The Morgan fingerprint density at radius 1 is 0.918 bits per heavy atom. The first kappa shape index (κ1) is 35.2. The van der Waals surface area contributed by atoms with Crippen LogP contribution in [0.4, 0.5) is 18.0 Å². The molecule has 0 spiro atoms. The van der Waals surface area contributed by atoms with Gasteiger partial charge >= 0.3 is 12.2 Å². The van der Waals surface area contributed by atoms with Crippen LogP contribution in [0.2, 0.25) is 10.0 Å². The third kappa shape index (κ3) is 7.60. The Balaban J connectivity index is 1.40. The zero-order chi connectivity index (χ0) is 34.7. The fourth-order valence-corrected chi connectivity index (χ4v) is 7.32. The first-order valence-corrected chi connectivity index (χ1v) is 17.3. The average Bonchev–Trinajstić information content (AvgIpc) is 3.49. The average molecular weight is 717 g/mol. The van der Waals surface area contributed by atoms with Crippen LogP contribution in [-0.2, 0) is 11.0 Å². The van der Waals surface area contributed by atoms with E-state index in [2.05, 4.69) is 9.80 Å². The van der Waals surface area contributed by atoms with Gasteiger partial charge in [0.2, 0.25) is 0 Å². The number of hydrogen-bond acceptors (Lipinski definition) is 6. The van der Waals surface area contributed by atoms with Crippen LogP contribution in [0.15, 0.2) is 71.7 Å². The summed E-state index contributed by atoms with van der Waals surface area (Å²) in [6.45, 7) is 5.13. The molecule has 0 aromatic heterocycles. The molecule has 0 aliphatic carbocycles. The molecule has 0 N–H and O–H groups in total. The van der Waals surface area contributed by atoms with E-state index in [1.165, 1.54) is 6.07 Å². The van der Waals surface area contributed by atoms with E-state index in [0.29, 0.717) is 42.8 Å². The topological polar surface area (TPSA) is 68.7 Å². The summed E-state index contributed by atoms with van der Waals surface area (Å²) in [5.41, 5.74) is 0.956. The third-order valence-corrected chi connectivity index (χ3v) is 9.94. The monoisotopic (exact) mass is 715 g/mol. The number of amides is 2. The number of carbonyl (C=O) groups is 2. The van der Waals surface area contributed by atoms with Crippen molar-refractivity contribution < 1.29 is 27.5 Å². The summed E-state index contributed by atoms with van der Waals surface area (Å²) >= 11 is 12.5. The number of rotatable bonds is 8. The standard InChI is InChI=1S/C36H38Cl2F3N5O3/c1-2-49-30-23-26(36(39,40)41)10-15-29(30)34-42-32(24-6-11-27(37)12-7-24)33(25-8-13-28(38)14-9-25)46(34)35(48)45-19-17-44(18-20-45)31-5-3-4-16-43(31)21-22-47/h6-15,22-23,31-33H,2-5,16-21H2,1H3. The summed E-state index contributed by atoms with van der Waals surface area (Å²) in [6, 6.07) is 16.0. The number of urea groups is 1. The van der Waals surface area contributed by atoms with Crippen LogP contribution in [0.3, 0.4) is 0 Å². The van der Waals surface area contributed by atoms with E-state index in [1.807, 2.05) is 24.3 Å². The second-order valence-corrected chi connectivity index (χ2v) is 13.3. The first-order chi connectivity index (χ1) is 23.6. The highest BCUT2D eigenvalue weighted by Gasteiger charge is 2.45. The zero-order valence-electron chi connectivity index (χ0n) is 27.1. The van der Waals surface area contributed by atoms with E-state index < -0.39 is 23.8 Å². The Hall–Kier alpha value is -3.64.